The SMILES string of the molecule is CCC(CO)NC(=O)c1csc(Cc2ccc(F)cc2)n1. The summed E-state index contributed by atoms with van der Waals surface area (Å²) in [5, 5.41) is 14.3. The molecule has 0 aliphatic rings. The summed E-state index contributed by atoms with van der Waals surface area (Å²) in [6.45, 7) is 1.80. The van der Waals surface area contributed by atoms with Crippen molar-refractivity contribution in [2.75, 3.05) is 6.61 Å². The summed E-state index contributed by atoms with van der Waals surface area (Å²) in [7, 11) is 0. The van der Waals surface area contributed by atoms with Gasteiger partial charge in [0.15, 0.2) is 0 Å². The quantitative estimate of drug-likeness (QED) is 0.861. The van der Waals surface area contributed by atoms with Crippen molar-refractivity contribution in [3.05, 3.63) is 51.7 Å². The summed E-state index contributed by atoms with van der Waals surface area (Å²) in [5.41, 5.74) is 1.29. The van der Waals surface area contributed by atoms with E-state index in [0.717, 1.165) is 10.6 Å². The molecular weight excluding hydrogens is 291 g/mol. The van der Waals surface area contributed by atoms with E-state index in [4.69, 9.17) is 5.11 Å². The zero-order valence-electron chi connectivity index (χ0n) is 11.7. The number of carbonyl (C=O) groups excluding carboxylic acids is 1. The van der Waals surface area contributed by atoms with Gasteiger partial charge in [0.2, 0.25) is 0 Å². The lowest BCUT2D eigenvalue weighted by molar-refractivity contribution is 0.0910. The lowest BCUT2D eigenvalue weighted by atomic mass is 10.1. The van der Waals surface area contributed by atoms with Crippen molar-refractivity contribution in [2.24, 2.45) is 0 Å². The third-order valence-electron chi connectivity index (χ3n) is 3.10. The first kappa shape index (κ1) is 15.6. The number of amides is 1. The Balaban J connectivity index is 2.00. The summed E-state index contributed by atoms with van der Waals surface area (Å²) < 4.78 is 12.8. The van der Waals surface area contributed by atoms with Crippen LogP contribution in [0.5, 0.6) is 0 Å². The highest BCUT2D eigenvalue weighted by Gasteiger charge is 2.14. The number of thiazole rings is 1. The zero-order chi connectivity index (χ0) is 15.2. The molecule has 0 radical (unpaired) electrons. The van der Waals surface area contributed by atoms with Crippen molar-refractivity contribution >= 4 is 17.2 Å². The Morgan fingerprint density at radius 1 is 1.43 bits per heavy atom. The summed E-state index contributed by atoms with van der Waals surface area (Å²) in [6, 6.07) is 5.97. The number of aliphatic hydroxyl groups excluding tert-OH is 1. The van der Waals surface area contributed by atoms with Crippen molar-refractivity contribution in [1.82, 2.24) is 10.3 Å². The van der Waals surface area contributed by atoms with Crippen LogP contribution in [0.3, 0.4) is 0 Å². The number of carbonyl (C=O) groups is 1. The molecule has 4 nitrogen and oxygen atoms in total. The average molecular weight is 308 g/mol. The number of aromatic nitrogens is 1. The number of nitrogens with one attached hydrogen (secondary N) is 1. The highest BCUT2D eigenvalue weighted by atomic mass is 32.1. The Labute approximate surface area is 126 Å². The van der Waals surface area contributed by atoms with Crippen LogP contribution in [0, 0.1) is 5.82 Å². The van der Waals surface area contributed by atoms with Gasteiger partial charge >= 0.3 is 0 Å². The maximum Gasteiger partial charge on any atom is 0.271 e. The van der Waals surface area contributed by atoms with Gasteiger partial charge in [0.05, 0.1) is 17.7 Å². The standard InChI is InChI=1S/C15H17FN2O2S/c1-2-12(8-19)17-15(20)13-9-21-14(18-13)7-10-3-5-11(16)6-4-10/h3-6,9,12,19H,2,7-8H2,1H3,(H,17,20). The molecule has 1 amide bonds. The van der Waals surface area contributed by atoms with Crippen LogP contribution in [-0.4, -0.2) is 28.6 Å². The summed E-state index contributed by atoms with van der Waals surface area (Å²) in [4.78, 5) is 16.2. The third-order valence-corrected chi connectivity index (χ3v) is 3.95. The van der Waals surface area contributed by atoms with Gasteiger partial charge in [-0.05, 0) is 24.1 Å². The molecule has 0 aliphatic carbocycles. The molecule has 1 atom stereocenters. The lowest BCUT2D eigenvalue weighted by Crippen LogP contribution is -2.37. The van der Waals surface area contributed by atoms with E-state index < -0.39 is 0 Å². The van der Waals surface area contributed by atoms with Crippen LogP contribution in [0.25, 0.3) is 0 Å². The van der Waals surface area contributed by atoms with Gasteiger partial charge in [-0.2, -0.15) is 0 Å². The molecule has 0 bridgehead atoms. The molecule has 0 aliphatic heterocycles. The van der Waals surface area contributed by atoms with Gasteiger partial charge in [-0.25, -0.2) is 9.37 Å². The maximum atomic E-state index is 12.8. The molecule has 1 aromatic heterocycles. The Bertz CT molecular complexity index is 594. The highest BCUT2D eigenvalue weighted by molar-refractivity contribution is 7.09. The van der Waals surface area contributed by atoms with Crippen molar-refractivity contribution in [3.63, 3.8) is 0 Å². The second kappa shape index (κ2) is 7.28. The van der Waals surface area contributed by atoms with Crippen LogP contribution in [0.2, 0.25) is 0 Å². The molecule has 0 saturated carbocycles. The van der Waals surface area contributed by atoms with Gasteiger partial charge in [-0.1, -0.05) is 19.1 Å². The molecule has 2 rings (SSSR count). The molecule has 21 heavy (non-hydrogen) atoms. The third kappa shape index (κ3) is 4.34. The first-order valence-corrected chi connectivity index (χ1v) is 7.61. The molecule has 0 spiro atoms. The van der Waals surface area contributed by atoms with Crippen molar-refractivity contribution in [3.8, 4) is 0 Å². The Morgan fingerprint density at radius 3 is 2.76 bits per heavy atom. The first-order chi connectivity index (χ1) is 10.1. The van der Waals surface area contributed by atoms with E-state index in [1.807, 2.05) is 6.92 Å². The lowest BCUT2D eigenvalue weighted by Gasteiger charge is -2.12. The second-order valence-electron chi connectivity index (χ2n) is 4.69. The summed E-state index contributed by atoms with van der Waals surface area (Å²) >= 11 is 1.39. The van der Waals surface area contributed by atoms with Crippen LogP contribution in [0.4, 0.5) is 4.39 Å². The number of benzene rings is 1. The zero-order valence-corrected chi connectivity index (χ0v) is 12.5. The fourth-order valence-electron chi connectivity index (χ4n) is 1.81. The molecule has 0 saturated heterocycles. The van der Waals surface area contributed by atoms with Gasteiger partial charge in [0.1, 0.15) is 11.5 Å². The minimum atomic E-state index is -0.280. The van der Waals surface area contributed by atoms with Crippen molar-refractivity contribution in [2.45, 2.75) is 25.8 Å². The predicted molar refractivity (Wildman–Crippen MR) is 80.0 cm³/mol. The van der Waals surface area contributed by atoms with Gasteiger partial charge in [0, 0.05) is 11.8 Å². The Morgan fingerprint density at radius 2 is 2.14 bits per heavy atom. The fraction of sp³-hybridized carbons (Fsp3) is 0.333. The molecule has 1 unspecified atom stereocenters. The van der Waals surface area contributed by atoms with Crippen LogP contribution < -0.4 is 5.32 Å². The second-order valence-corrected chi connectivity index (χ2v) is 5.63. The molecule has 1 aromatic carbocycles. The van der Waals surface area contributed by atoms with Gasteiger partial charge in [-0.15, -0.1) is 11.3 Å². The number of nitrogens with zero attached hydrogens (tertiary/aromatic N) is 1. The fourth-order valence-corrected chi connectivity index (χ4v) is 2.62. The number of rotatable bonds is 6. The Hall–Kier alpha value is -1.79. The van der Waals surface area contributed by atoms with E-state index in [-0.39, 0.29) is 24.4 Å². The molecule has 6 heteroatoms. The van der Waals surface area contributed by atoms with Crippen LogP contribution >= 0.6 is 11.3 Å². The molecule has 1 heterocycles. The van der Waals surface area contributed by atoms with E-state index in [9.17, 15) is 9.18 Å². The topological polar surface area (TPSA) is 62.2 Å². The monoisotopic (exact) mass is 308 g/mol. The number of hydrogen-bond donors (Lipinski definition) is 2. The van der Waals surface area contributed by atoms with Gasteiger partial charge < -0.3 is 10.4 Å². The predicted octanol–water partition coefficient (Wildman–Crippen LogP) is 2.37. The molecule has 112 valence electrons. The summed E-state index contributed by atoms with van der Waals surface area (Å²) in [6.07, 6.45) is 1.23. The number of hydrogen-bond acceptors (Lipinski definition) is 4. The average Bonchev–Trinajstić information content (AvgIpc) is 2.95. The smallest absolute Gasteiger partial charge is 0.271 e. The summed E-state index contributed by atoms with van der Waals surface area (Å²) in [5.74, 6) is -0.551. The van der Waals surface area contributed by atoms with E-state index in [2.05, 4.69) is 10.3 Å². The van der Waals surface area contributed by atoms with E-state index in [1.54, 1.807) is 17.5 Å². The van der Waals surface area contributed by atoms with Crippen LogP contribution in [0.1, 0.15) is 34.4 Å². The first-order valence-electron chi connectivity index (χ1n) is 6.73. The number of halogens is 1. The highest BCUT2D eigenvalue weighted by Crippen LogP contribution is 2.15. The minimum Gasteiger partial charge on any atom is -0.394 e. The number of aliphatic hydroxyl groups is 1. The van der Waals surface area contributed by atoms with Crippen LogP contribution in [-0.2, 0) is 6.42 Å². The maximum absolute atomic E-state index is 12.8. The molecule has 2 aromatic rings. The Kier molecular flexibility index (Phi) is 5.41. The van der Waals surface area contributed by atoms with E-state index in [0.29, 0.717) is 18.5 Å². The van der Waals surface area contributed by atoms with Gasteiger partial charge in [-0.3, -0.25) is 4.79 Å². The van der Waals surface area contributed by atoms with E-state index >= 15 is 0 Å². The molecule has 2 N–H and O–H groups in total. The molecular formula is C15H17FN2O2S. The molecule has 0 fully saturated rings. The largest absolute Gasteiger partial charge is 0.394 e. The minimum absolute atomic E-state index is 0.0885. The van der Waals surface area contributed by atoms with Gasteiger partial charge in [0.25, 0.3) is 5.91 Å². The normalized spacial score (nSPS) is 12.1. The van der Waals surface area contributed by atoms with Crippen molar-refractivity contribution < 1.29 is 14.3 Å². The van der Waals surface area contributed by atoms with E-state index in [1.165, 1.54) is 23.5 Å². The van der Waals surface area contributed by atoms with Crippen molar-refractivity contribution in [1.29, 1.82) is 0 Å². The van der Waals surface area contributed by atoms with Crippen LogP contribution in [0.15, 0.2) is 29.6 Å².